The average molecular weight is 824 g/mol. The fourth-order valence-electron chi connectivity index (χ4n) is 8.22. The first kappa shape index (κ1) is 40.9. The van der Waals surface area contributed by atoms with Crippen LogP contribution in [0.4, 0.5) is 0 Å². The monoisotopic (exact) mass is 820 g/mol. The minimum absolute atomic E-state index is 0. The van der Waals surface area contributed by atoms with E-state index in [-0.39, 0.29) is 39.3 Å². The molecule has 0 saturated heterocycles. The summed E-state index contributed by atoms with van der Waals surface area (Å²) in [7, 11) is 0. The van der Waals surface area contributed by atoms with Gasteiger partial charge in [-0.15, -0.1) is 0 Å². The van der Waals surface area contributed by atoms with Crippen LogP contribution in [0.15, 0.2) is 105 Å². The normalized spacial score (nSPS) is 15.4. The first-order valence-corrected chi connectivity index (χ1v) is 23.7. The number of halogens is 4. The van der Waals surface area contributed by atoms with Crippen molar-refractivity contribution in [3.63, 3.8) is 0 Å². The molecule has 0 aromatic heterocycles. The first-order valence-electron chi connectivity index (χ1n) is 17.4. The Labute approximate surface area is 327 Å². The van der Waals surface area contributed by atoms with Crippen LogP contribution in [0.3, 0.4) is 0 Å². The summed E-state index contributed by atoms with van der Waals surface area (Å²) in [6.45, 7) is 23.6. The Morgan fingerprint density at radius 2 is 1.04 bits per heavy atom. The van der Waals surface area contributed by atoms with Crippen molar-refractivity contribution >= 4 is 30.6 Å². The fourth-order valence-corrected chi connectivity index (χ4v) is 22.5. The van der Waals surface area contributed by atoms with Gasteiger partial charge in [0.15, 0.2) is 0 Å². The van der Waals surface area contributed by atoms with Crippen LogP contribution >= 0.6 is 23.2 Å². The third-order valence-corrected chi connectivity index (χ3v) is 23.3. The maximum Gasteiger partial charge on any atom is -1.00 e. The maximum absolute atomic E-state index is 6.50. The Kier molecular flexibility index (Phi) is 12.5. The third-order valence-electron chi connectivity index (χ3n) is 10.6. The molecule has 0 amide bonds. The Morgan fingerprint density at radius 1 is 0.640 bits per heavy atom. The SMILES string of the molecule is CC1=[C]([Zr+2](=[CH]c2ccc(Cl)cc2)(=[CH]c2ccc(Cl)cc2)[CH]2c3cc(C(C)(C)C)ccc3-c3ccc(C(C)(C)C)cc32)C(C)C=C1C(C)C.[Cl-].[Cl-]. The molecule has 0 heterocycles. The predicted octanol–water partition coefficient (Wildman–Crippen LogP) is 7.03. The van der Waals surface area contributed by atoms with E-state index in [4.69, 9.17) is 23.2 Å². The van der Waals surface area contributed by atoms with Gasteiger partial charge in [0, 0.05) is 0 Å². The molecule has 0 nitrogen and oxygen atoms in total. The molecule has 0 aliphatic heterocycles. The van der Waals surface area contributed by atoms with Crippen molar-refractivity contribution in [2.24, 2.45) is 11.8 Å². The third kappa shape index (κ3) is 7.75. The van der Waals surface area contributed by atoms with Crippen molar-refractivity contribution in [2.45, 2.75) is 83.7 Å². The van der Waals surface area contributed by atoms with E-state index in [1.165, 1.54) is 55.7 Å². The second-order valence-corrected chi connectivity index (χ2v) is 26.1. The fraction of sp³-hybridized carbons (Fsp3) is 0.333. The van der Waals surface area contributed by atoms with E-state index < -0.39 is 19.3 Å². The number of fused-ring (bicyclic) bond motifs is 3. The van der Waals surface area contributed by atoms with Crippen LogP contribution < -0.4 is 24.8 Å². The summed E-state index contributed by atoms with van der Waals surface area (Å²) >= 11 is 8.98. The standard InChI is InChI=1S/C21H25.C10H15.2C7H5Cl.2ClH.Zr/c1-20(2,3)16-7-9-18-14(12-16)11-15-13-17(21(4,5)6)8-10-19(15)18;1-7(2)10-6-8(3)5-9(10)4;2*1-6-2-4-7(8)5-3-6;;;/h7-13H,1-6H3;6-8H,1-4H3;2*1-5H;2*1H;/q;;;;;;+2/p-2. The van der Waals surface area contributed by atoms with Crippen LogP contribution in [-0.4, -0.2) is 7.42 Å². The van der Waals surface area contributed by atoms with Crippen LogP contribution in [0.1, 0.15) is 106 Å². The predicted molar refractivity (Wildman–Crippen MR) is 209 cm³/mol. The van der Waals surface area contributed by atoms with E-state index >= 15 is 0 Å². The molecule has 0 spiro atoms. The molecule has 5 heteroatoms. The first-order chi connectivity index (χ1) is 22.5. The van der Waals surface area contributed by atoms with Gasteiger partial charge in [-0.25, -0.2) is 0 Å². The molecule has 1 atom stereocenters. The largest absolute Gasteiger partial charge is 1.00 e. The Bertz CT molecular complexity index is 1950. The van der Waals surface area contributed by atoms with Gasteiger partial charge in [0.2, 0.25) is 0 Å². The average Bonchev–Trinajstić information content (AvgIpc) is 3.51. The summed E-state index contributed by atoms with van der Waals surface area (Å²) < 4.78 is 7.42. The van der Waals surface area contributed by atoms with Crippen molar-refractivity contribution in [3.8, 4) is 11.1 Å². The molecule has 2 aliphatic rings. The molecule has 0 bridgehead atoms. The molecule has 1 unspecified atom stereocenters. The van der Waals surface area contributed by atoms with Gasteiger partial charge in [-0.1, -0.05) is 0 Å². The van der Waals surface area contributed by atoms with E-state index in [1.54, 1.807) is 3.28 Å². The summed E-state index contributed by atoms with van der Waals surface area (Å²) in [5, 5.41) is 1.54. The van der Waals surface area contributed by atoms with Crippen LogP contribution in [-0.2, 0) is 30.1 Å². The van der Waals surface area contributed by atoms with E-state index in [1.807, 2.05) is 0 Å². The van der Waals surface area contributed by atoms with Gasteiger partial charge in [-0.05, 0) is 0 Å². The molecule has 0 saturated carbocycles. The van der Waals surface area contributed by atoms with Gasteiger partial charge in [0.1, 0.15) is 0 Å². The second kappa shape index (κ2) is 15.2. The zero-order valence-electron chi connectivity index (χ0n) is 31.1. The molecule has 0 fully saturated rings. The van der Waals surface area contributed by atoms with Crippen molar-refractivity contribution in [2.75, 3.05) is 0 Å². The van der Waals surface area contributed by atoms with Crippen molar-refractivity contribution in [1.82, 2.24) is 0 Å². The summed E-state index contributed by atoms with van der Waals surface area (Å²) in [6.07, 6.45) is 2.57. The minimum atomic E-state index is -4.02. The molecular weight excluding hydrogens is 774 g/mol. The Morgan fingerprint density at radius 3 is 1.38 bits per heavy atom. The molecule has 262 valence electrons. The summed E-state index contributed by atoms with van der Waals surface area (Å²) in [6, 6.07) is 31.8. The number of allylic oxidation sites excluding steroid dienone is 4. The zero-order chi connectivity index (χ0) is 34.8. The van der Waals surface area contributed by atoms with Gasteiger partial charge in [0.25, 0.3) is 0 Å². The van der Waals surface area contributed by atoms with Crippen LogP contribution in [0.5, 0.6) is 0 Å². The van der Waals surface area contributed by atoms with Gasteiger partial charge < -0.3 is 24.8 Å². The Hall–Kier alpha value is -1.86. The topological polar surface area (TPSA) is 0 Å². The van der Waals surface area contributed by atoms with Crippen LogP contribution in [0, 0.1) is 11.8 Å². The number of rotatable bonds is 5. The Balaban J connectivity index is 0.00000281. The zero-order valence-corrected chi connectivity index (χ0v) is 36.5. The van der Waals surface area contributed by atoms with E-state index in [0.717, 1.165) is 10.0 Å². The number of hydrogen-bond acceptors (Lipinski definition) is 0. The summed E-state index contributed by atoms with van der Waals surface area (Å²) in [4.78, 5) is 0. The smallest absolute Gasteiger partial charge is 1.00 e. The minimum Gasteiger partial charge on any atom is -1.00 e. The van der Waals surface area contributed by atoms with E-state index in [2.05, 4.69) is 168 Å². The van der Waals surface area contributed by atoms with Crippen LogP contribution in [0.25, 0.3) is 11.1 Å². The molecule has 4 aromatic carbocycles. The van der Waals surface area contributed by atoms with Crippen molar-refractivity contribution in [3.05, 3.63) is 149 Å². The van der Waals surface area contributed by atoms with Gasteiger partial charge in [0.05, 0.1) is 0 Å². The molecular formula is C45H50Cl4Zr. The molecule has 0 N–H and O–H groups in total. The molecule has 6 rings (SSSR count). The summed E-state index contributed by atoms with van der Waals surface area (Å²) in [5.74, 6) is 0.803. The van der Waals surface area contributed by atoms with Gasteiger partial charge >= 0.3 is 305 Å². The molecule has 50 heavy (non-hydrogen) atoms. The van der Waals surface area contributed by atoms with Gasteiger partial charge in [-0.2, -0.15) is 0 Å². The van der Waals surface area contributed by atoms with Crippen molar-refractivity contribution < 1.29 is 44.1 Å². The molecule has 2 aliphatic carbocycles. The van der Waals surface area contributed by atoms with Gasteiger partial charge in [-0.3, -0.25) is 0 Å². The maximum atomic E-state index is 6.50. The molecule has 0 radical (unpaired) electrons. The number of hydrogen-bond donors (Lipinski definition) is 0. The second-order valence-electron chi connectivity index (χ2n) is 16.5. The number of benzene rings is 4. The van der Waals surface area contributed by atoms with E-state index in [0.29, 0.717) is 11.8 Å². The van der Waals surface area contributed by atoms with E-state index in [9.17, 15) is 0 Å². The molecule has 4 aromatic rings. The quantitative estimate of drug-likeness (QED) is 0.203. The summed E-state index contributed by atoms with van der Waals surface area (Å²) in [5.41, 5.74) is 14.1. The van der Waals surface area contributed by atoms with Crippen LogP contribution in [0.2, 0.25) is 10.0 Å². The van der Waals surface area contributed by atoms with Crippen molar-refractivity contribution in [1.29, 1.82) is 0 Å².